The zero-order valence-corrected chi connectivity index (χ0v) is 20.3. The van der Waals surface area contributed by atoms with Crippen LogP contribution in [0.15, 0.2) is 59.5 Å². The van der Waals surface area contributed by atoms with Crippen LogP contribution in [-0.2, 0) is 10.0 Å². The number of likely N-dealkylation sites (N-methyl/N-ethyl adjacent to an activating group) is 1. The summed E-state index contributed by atoms with van der Waals surface area (Å²) in [6, 6.07) is 15.8. The van der Waals surface area contributed by atoms with Crippen LogP contribution in [0.3, 0.4) is 0 Å². The Kier molecular flexibility index (Phi) is 7.94. The van der Waals surface area contributed by atoms with Crippen LogP contribution < -0.4 is 14.8 Å². The van der Waals surface area contributed by atoms with E-state index in [-0.39, 0.29) is 10.8 Å². The number of benzene rings is 3. The lowest BCUT2D eigenvalue weighted by molar-refractivity contribution is 0.0946. The van der Waals surface area contributed by atoms with Crippen molar-refractivity contribution in [3.05, 3.63) is 65.7 Å². The van der Waals surface area contributed by atoms with E-state index in [0.29, 0.717) is 29.1 Å². The number of carbonyl (C=O) groups excluding carboxylic acids is 1. The summed E-state index contributed by atoms with van der Waals surface area (Å²) in [4.78, 5) is 15.1. The molecule has 0 aliphatic carbocycles. The quantitative estimate of drug-likeness (QED) is 0.468. The van der Waals surface area contributed by atoms with Gasteiger partial charge in [-0.15, -0.1) is 0 Å². The van der Waals surface area contributed by atoms with Crippen LogP contribution in [0.5, 0.6) is 5.75 Å². The van der Waals surface area contributed by atoms with Crippen LogP contribution in [0, 0.1) is 6.92 Å². The standard InChI is InChI=1S/C25H31N3O4S/c1-5-28(6-2)14-13-26-25(29)22-15-18(3)23(17-24(22)32-4)27-33(30,31)21-12-11-19-9-7-8-10-20(19)16-21/h7-12,15-17,27H,5-6,13-14H2,1-4H3,(H,26,29). The first-order valence-electron chi connectivity index (χ1n) is 11.0. The van der Waals surface area contributed by atoms with Crippen molar-refractivity contribution < 1.29 is 17.9 Å². The van der Waals surface area contributed by atoms with E-state index in [9.17, 15) is 13.2 Å². The summed E-state index contributed by atoms with van der Waals surface area (Å²) >= 11 is 0. The molecule has 0 aliphatic heterocycles. The van der Waals surface area contributed by atoms with Gasteiger partial charge < -0.3 is 15.0 Å². The Morgan fingerprint density at radius 2 is 1.70 bits per heavy atom. The van der Waals surface area contributed by atoms with Gasteiger partial charge in [-0.25, -0.2) is 8.42 Å². The van der Waals surface area contributed by atoms with Gasteiger partial charge in [0.15, 0.2) is 0 Å². The van der Waals surface area contributed by atoms with Gasteiger partial charge in [-0.3, -0.25) is 9.52 Å². The summed E-state index contributed by atoms with van der Waals surface area (Å²) in [5.41, 5.74) is 1.34. The van der Waals surface area contributed by atoms with Gasteiger partial charge in [0.25, 0.3) is 15.9 Å². The Hall–Kier alpha value is -3.10. The number of aryl methyl sites for hydroxylation is 1. The van der Waals surface area contributed by atoms with E-state index in [0.717, 1.165) is 30.4 Å². The lowest BCUT2D eigenvalue weighted by Crippen LogP contribution is -2.35. The van der Waals surface area contributed by atoms with Crippen LogP contribution in [0.4, 0.5) is 5.69 Å². The highest BCUT2D eigenvalue weighted by Gasteiger charge is 2.20. The fraction of sp³-hybridized carbons (Fsp3) is 0.320. The second kappa shape index (κ2) is 10.7. The van der Waals surface area contributed by atoms with E-state index in [4.69, 9.17) is 4.74 Å². The Morgan fingerprint density at radius 3 is 2.36 bits per heavy atom. The van der Waals surface area contributed by atoms with Crippen molar-refractivity contribution in [2.75, 3.05) is 38.0 Å². The highest BCUT2D eigenvalue weighted by Crippen LogP contribution is 2.29. The molecule has 3 rings (SSSR count). The van der Waals surface area contributed by atoms with Gasteiger partial charge in [-0.2, -0.15) is 0 Å². The third-order valence-electron chi connectivity index (χ3n) is 5.67. The van der Waals surface area contributed by atoms with E-state index < -0.39 is 10.0 Å². The number of amides is 1. The summed E-state index contributed by atoms with van der Waals surface area (Å²) in [6.45, 7) is 9.01. The molecule has 1 amide bonds. The maximum absolute atomic E-state index is 13.0. The fourth-order valence-electron chi connectivity index (χ4n) is 3.65. The molecular formula is C25H31N3O4S. The molecule has 0 saturated heterocycles. The van der Waals surface area contributed by atoms with Crippen LogP contribution in [0.2, 0.25) is 0 Å². The smallest absolute Gasteiger partial charge is 0.261 e. The molecule has 0 aliphatic rings. The molecule has 0 saturated carbocycles. The minimum Gasteiger partial charge on any atom is -0.496 e. The molecule has 8 heteroatoms. The molecule has 33 heavy (non-hydrogen) atoms. The van der Waals surface area contributed by atoms with Crippen LogP contribution in [-0.4, -0.2) is 52.5 Å². The molecule has 0 spiro atoms. The summed E-state index contributed by atoms with van der Waals surface area (Å²) in [5, 5.41) is 4.71. The second-order valence-corrected chi connectivity index (χ2v) is 9.45. The molecule has 0 heterocycles. The minimum atomic E-state index is -3.83. The number of nitrogens with one attached hydrogen (secondary N) is 2. The van der Waals surface area contributed by atoms with E-state index in [1.807, 2.05) is 24.3 Å². The van der Waals surface area contributed by atoms with E-state index in [1.165, 1.54) is 7.11 Å². The zero-order valence-electron chi connectivity index (χ0n) is 19.5. The molecule has 2 N–H and O–H groups in total. The molecule has 3 aromatic carbocycles. The van der Waals surface area contributed by atoms with Crippen molar-refractivity contribution in [2.45, 2.75) is 25.7 Å². The number of anilines is 1. The number of hydrogen-bond donors (Lipinski definition) is 2. The normalized spacial score (nSPS) is 11.5. The Labute approximate surface area is 195 Å². The maximum atomic E-state index is 13.0. The van der Waals surface area contributed by atoms with E-state index in [2.05, 4.69) is 28.8 Å². The molecule has 0 fully saturated rings. The molecule has 3 aromatic rings. The Morgan fingerprint density at radius 1 is 1.00 bits per heavy atom. The molecule has 7 nitrogen and oxygen atoms in total. The number of sulfonamides is 1. The van der Waals surface area contributed by atoms with Crippen molar-refractivity contribution in [1.29, 1.82) is 0 Å². The summed E-state index contributed by atoms with van der Waals surface area (Å²) in [7, 11) is -2.37. The van der Waals surface area contributed by atoms with Gasteiger partial charge in [0.1, 0.15) is 5.75 Å². The topological polar surface area (TPSA) is 87.7 Å². The van der Waals surface area contributed by atoms with Crippen molar-refractivity contribution in [1.82, 2.24) is 10.2 Å². The third-order valence-corrected chi connectivity index (χ3v) is 7.04. The van der Waals surface area contributed by atoms with Crippen LogP contribution in [0.25, 0.3) is 10.8 Å². The predicted octanol–water partition coefficient (Wildman–Crippen LogP) is 4.03. The number of carbonyl (C=O) groups is 1. The van der Waals surface area contributed by atoms with Crippen LogP contribution >= 0.6 is 0 Å². The SMILES string of the molecule is CCN(CC)CCNC(=O)c1cc(C)c(NS(=O)(=O)c2ccc3ccccc3c2)cc1OC. The first kappa shape index (κ1) is 24.5. The number of rotatable bonds is 10. The average Bonchev–Trinajstić information content (AvgIpc) is 2.82. The number of nitrogens with zero attached hydrogens (tertiary/aromatic N) is 1. The lowest BCUT2D eigenvalue weighted by atomic mass is 10.1. The van der Waals surface area contributed by atoms with E-state index in [1.54, 1.807) is 37.3 Å². The van der Waals surface area contributed by atoms with Gasteiger partial charge in [0.2, 0.25) is 0 Å². The molecule has 0 aromatic heterocycles. The highest BCUT2D eigenvalue weighted by molar-refractivity contribution is 7.92. The molecular weight excluding hydrogens is 438 g/mol. The number of fused-ring (bicyclic) bond motifs is 1. The van der Waals surface area contributed by atoms with Gasteiger partial charge in [-0.05, 0) is 54.5 Å². The summed E-state index contributed by atoms with van der Waals surface area (Å²) in [5.74, 6) is 0.0446. The first-order chi connectivity index (χ1) is 15.8. The van der Waals surface area contributed by atoms with E-state index >= 15 is 0 Å². The molecule has 0 unspecified atom stereocenters. The Balaban J connectivity index is 1.81. The summed E-state index contributed by atoms with van der Waals surface area (Å²) < 4.78 is 34.1. The lowest BCUT2D eigenvalue weighted by Gasteiger charge is -2.19. The van der Waals surface area contributed by atoms with Crippen molar-refractivity contribution in [3.8, 4) is 5.75 Å². The van der Waals surface area contributed by atoms with Crippen molar-refractivity contribution >= 4 is 32.4 Å². The summed E-state index contributed by atoms with van der Waals surface area (Å²) in [6.07, 6.45) is 0. The Bertz CT molecular complexity index is 1240. The fourth-order valence-corrected chi connectivity index (χ4v) is 4.80. The largest absolute Gasteiger partial charge is 0.496 e. The predicted molar refractivity (Wildman–Crippen MR) is 133 cm³/mol. The van der Waals surface area contributed by atoms with Gasteiger partial charge in [-0.1, -0.05) is 44.2 Å². The van der Waals surface area contributed by atoms with Crippen molar-refractivity contribution in [3.63, 3.8) is 0 Å². The number of hydrogen-bond acceptors (Lipinski definition) is 5. The first-order valence-corrected chi connectivity index (χ1v) is 12.5. The molecule has 0 radical (unpaired) electrons. The average molecular weight is 470 g/mol. The molecule has 0 atom stereocenters. The maximum Gasteiger partial charge on any atom is 0.261 e. The van der Waals surface area contributed by atoms with Gasteiger partial charge >= 0.3 is 0 Å². The minimum absolute atomic E-state index is 0.165. The number of ether oxygens (including phenoxy) is 1. The number of methoxy groups -OCH3 is 1. The van der Waals surface area contributed by atoms with Gasteiger partial charge in [0.05, 0.1) is 23.3 Å². The molecule has 0 bridgehead atoms. The highest BCUT2D eigenvalue weighted by atomic mass is 32.2. The monoisotopic (exact) mass is 469 g/mol. The zero-order chi connectivity index (χ0) is 24.0. The second-order valence-electron chi connectivity index (χ2n) is 7.76. The third kappa shape index (κ3) is 5.83. The molecule has 176 valence electrons. The van der Waals surface area contributed by atoms with Crippen molar-refractivity contribution in [2.24, 2.45) is 0 Å². The van der Waals surface area contributed by atoms with Crippen LogP contribution in [0.1, 0.15) is 29.8 Å². The van der Waals surface area contributed by atoms with Gasteiger partial charge in [0, 0.05) is 19.2 Å².